The number of hydrogen-bond donors (Lipinski definition) is 2. The van der Waals surface area contributed by atoms with Gasteiger partial charge in [-0.2, -0.15) is 5.10 Å². The molecular weight excluding hydrogens is 642 g/mol. The number of hydrazone groups is 1. The highest BCUT2D eigenvalue weighted by Crippen LogP contribution is 2.58. The van der Waals surface area contributed by atoms with E-state index in [0.717, 1.165) is 35.5 Å². The number of nitrogen functional groups attached to an aromatic ring is 1. The zero-order chi connectivity index (χ0) is 36.8. The van der Waals surface area contributed by atoms with Crippen LogP contribution in [0, 0.1) is 0 Å². The van der Waals surface area contributed by atoms with E-state index in [-0.39, 0.29) is 19.1 Å². The van der Waals surface area contributed by atoms with Crippen LogP contribution in [0.4, 0.5) is 17.1 Å². The second-order valence-electron chi connectivity index (χ2n) is 11.5. The lowest BCUT2D eigenvalue weighted by molar-refractivity contribution is 0.0675. The molecule has 1 unspecified atom stereocenters. The molecule has 0 bridgehead atoms. The average Bonchev–Trinajstić information content (AvgIpc) is 3.39. The normalized spacial score (nSPS) is 15.4. The minimum atomic E-state index is -1.09. The Labute approximate surface area is 302 Å². The summed E-state index contributed by atoms with van der Waals surface area (Å²) >= 11 is 0. The molecule has 2 aliphatic rings. The van der Waals surface area contributed by atoms with Gasteiger partial charge in [-0.1, -0.05) is 64.4 Å². The summed E-state index contributed by atoms with van der Waals surface area (Å²) in [4.78, 5) is 20.9. The Balaban J connectivity index is 0.00000111. The van der Waals surface area contributed by atoms with Crippen molar-refractivity contribution in [2.75, 3.05) is 50.2 Å². The van der Waals surface area contributed by atoms with Gasteiger partial charge in [-0.15, -0.1) is 0 Å². The molecule has 4 aromatic rings. The number of aliphatic hydroxyl groups is 1. The number of hydrogen-bond acceptors (Lipinski definition) is 9. The van der Waals surface area contributed by atoms with Crippen molar-refractivity contribution in [1.29, 1.82) is 0 Å². The van der Waals surface area contributed by atoms with Crippen molar-refractivity contribution in [1.82, 2.24) is 5.01 Å². The molecule has 0 aromatic heterocycles. The molecule has 3 N–H and O–H groups in total. The summed E-state index contributed by atoms with van der Waals surface area (Å²) in [5.74, 6) is 1.67. The van der Waals surface area contributed by atoms with Gasteiger partial charge in [0.2, 0.25) is 0 Å². The third kappa shape index (κ3) is 8.24. The average molecular weight is 694 g/mol. The molecule has 0 aliphatic carbocycles. The predicted octanol–water partition coefficient (Wildman–Crippen LogP) is 8.19. The molecule has 10 heteroatoms. The third-order valence-electron chi connectivity index (χ3n) is 8.20. The van der Waals surface area contributed by atoms with E-state index in [1.807, 2.05) is 86.6 Å². The maximum atomic E-state index is 14.1. The van der Waals surface area contributed by atoms with E-state index in [1.165, 1.54) is 17.6 Å². The van der Waals surface area contributed by atoms with Gasteiger partial charge < -0.3 is 30.0 Å². The van der Waals surface area contributed by atoms with Crippen LogP contribution in [0.15, 0.2) is 95.0 Å². The van der Waals surface area contributed by atoms with Crippen LogP contribution in [0.5, 0.6) is 17.2 Å². The molecule has 2 aliphatic heterocycles. The lowest BCUT2D eigenvalue weighted by atomic mass is 9.75. The summed E-state index contributed by atoms with van der Waals surface area (Å²) in [6, 6.07) is 26.6. The van der Waals surface area contributed by atoms with Gasteiger partial charge in [0.25, 0.3) is 5.91 Å². The fourth-order valence-electron chi connectivity index (χ4n) is 6.12. The van der Waals surface area contributed by atoms with Gasteiger partial charge in [0.15, 0.2) is 0 Å². The Hall–Kier alpha value is -5.19. The number of carbonyl (C=O) groups excluding carboxylic acids is 1. The topological polar surface area (TPSA) is 122 Å². The van der Waals surface area contributed by atoms with Crippen LogP contribution in [-0.2, 0) is 10.3 Å². The van der Waals surface area contributed by atoms with Crippen LogP contribution in [-0.4, -0.2) is 68.0 Å². The number of fused-ring (bicyclic) bond motifs is 6. The number of carbonyl (C=O) groups is 1. The van der Waals surface area contributed by atoms with Gasteiger partial charge in [-0.3, -0.25) is 9.79 Å². The van der Waals surface area contributed by atoms with Crippen molar-refractivity contribution in [3.8, 4) is 17.2 Å². The van der Waals surface area contributed by atoms with Crippen molar-refractivity contribution in [2.24, 2.45) is 10.1 Å². The van der Waals surface area contributed by atoms with Gasteiger partial charge >= 0.3 is 0 Å². The van der Waals surface area contributed by atoms with Crippen LogP contribution in [0.3, 0.4) is 0 Å². The minimum Gasteiger partial charge on any atom is -0.491 e. The zero-order valence-electron chi connectivity index (χ0n) is 30.6. The van der Waals surface area contributed by atoms with Crippen molar-refractivity contribution in [3.63, 3.8) is 0 Å². The first-order valence-corrected chi connectivity index (χ1v) is 17.8. The Morgan fingerprint density at radius 1 is 0.843 bits per heavy atom. The molecule has 1 amide bonds. The van der Waals surface area contributed by atoms with Gasteiger partial charge in [0.05, 0.1) is 31.7 Å². The molecule has 1 spiro atoms. The lowest BCUT2D eigenvalue weighted by Gasteiger charge is -2.42. The van der Waals surface area contributed by atoms with E-state index in [4.69, 9.17) is 30.2 Å². The van der Waals surface area contributed by atoms with Crippen LogP contribution >= 0.6 is 0 Å². The van der Waals surface area contributed by atoms with E-state index in [1.54, 1.807) is 12.3 Å². The molecular formula is C41H51N5O5. The number of aliphatic imine (C=N–C) groups is 1. The second kappa shape index (κ2) is 18.7. The number of benzene rings is 4. The van der Waals surface area contributed by atoms with Crippen LogP contribution in [0.25, 0.3) is 0 Å². The SMILES string of the molecule is CC.CCC.CCN(CC)c1ccc2c(c1)Oc1cc(N)ccc1C21c2ccccc2C(=O)N1/N=C/C=Nc1ccc(OCCOCCO)cc1. The summed E-state index contributed by atoms with van der Waals surface area (Å²) in [6.45, 7) is 15.2. The van der Waals surface area contributed by atoms with E-state index in [9.17, 15) is 4.79 Å². The standard InChI is InChI=1S/C36H37N5O5.C3H8.C2H6/c1-3-40(4-2)27-12-16-32-34(24-27)46-33-23-25(37)9-15-31(33)36(32)30-8-6-5-7-29(30)35(43)41(36)39-18-17-38-26-10-13-28(14-11-26)45-22-21-44-20-19-42;1-3-2;1-2/h5-18,23-24,42H,3-4,19-22,37H2,1-2H3;3H2,1-2H3;1-2H3/b38-17?,39-18+;;. The maximum Gasteiger partial charge on any atom is 0.275 e. The van der Waals surface area contributed by atoms with E-state index < -0.39 is 5.54 Å². The van der Waals surface area contributed by atoms with Crippen molar-refractivity contribution in [3.05, 3.63) is 107 Å². The van der Waals surface area contributed by atoms with Gasteiger partial charge in [-0.05, 0) is 56.3 Å². The Kier molecular flexibility index (Phi) is 14.2. The zero-order valence-corrected chi connectivity index (χ0v) is 30.6. The first kappa shape index (κ1) is 38.6. The third-order valence-corrected chi connectivity index (χ3v) is 8.20. The van der Waals surface area contributed by atoms with E-state index in [0.29, 0.717) is 47.4 Å². The molecule has 6 rings (SSSR count). The van der Waals surface area contributed by atoms with Crippen LogP contribution < -0.4 is 20.1 Å². The fraction of sp³-hybridized carbons (Fsp3) is 0.341. The lowest BCUT2D eigenvalue weighted by Crippen LogP contribution is -2.44. The molecule has 1 atom stereocenters. The molecule has 0 saturated heterocycles. The first-order valence-electron chi connectivity index (χ1n) is 17.8. The maximum absolute atomic E-state index is 14.1. The summed E-state index contributed by atoms with van der Waals surface area (Å²) in [6.07, 6.45) is 4.35. The van der Waals surface area contributed by atoms with Crippen molar-refractivity contribution >= 4 is 35.4 Å². The van der Waals surface area contributed by atoms with E-state index >= 15 is 0 Å². The molecule has 0 fully saturated rings. The quantitative estimate of drug-likeness (QED) is 0.0872. The minimum absolute atomic E-state index is 0.0161. The highest BCUT2D eigenvalue weighted by molar-refractivity contribution is 6.17. The molecule has 51 heavy (non-hydrogen) atoms. The molecule has 0 radical (unpaired) electrons. The van der Waals surface area contributed by atoms with Crippen LogP contribution in [0.2, 0.25) is 0 Å². The number of nitrogens with two attached hydrogens (primary N) is 1. The summed E-state index contributed by atoms with van der Waals surface area (Å²) < 4.78 is 17.4. The highest BCUT2D eigenvalue weighted by Gasteiger charge is 2.57. The number of ether oxygens (including phenoxy) is 3. The van der Waals surface area contributed by atoms with Gasteiger partial charge in [0, 0.05) is 65.1 Å². The fourth-order valence-corrected chi connectivity index (χ4v) is 6.12. The largest absolute Gasteiger partial charge is 0.491 e. The van der Waals surface area contributed by atoms with Crippen molar-refractivity contribution in [2.45, 2.75) is 53.5 Å². The molecule has 2 heterocycles. The van der Waals surface area contributed by atoms with Gasteiger partial charge in [-0.25, -0.2) is 5.01 Å². The Morgan fingerprint density at radius 2 is 1.51 bits per heavy atom. The summed E-state index contributed by atoms with van der Waals surface area (Å²) in [5.41, 5.74) is 10.4. The number of anilines is 2. The Morgan fingerprint density at radius 3 is 2.20 bits per heavy atom. The predicted molar refractivity (Wildman–Crippen MR) is 207 cm³/mol. The smallest absolute Gasteiger partial charge is 0.275 e. The molecule has 4 aromatic carbocycles. The van der Waals surface area contributed by atoms with Crippen LogP contribution in [0.1, 0.15) is 75.0 Å². The van der Waals surface area contributed by atoms with Gasteiger partial charge in [0.1, 0.15) is 29.4 Å². The van der Waals surface area contributed by atoms with Crippen molar-refractivity contribution < 1.29 is 24.1 Å². The number of rotatable bonds is 12. The summed E-state index contributed by atoms with van der Waals surface area (Å²) in [5, 5.41) is 15.1. The summed E-state index contributed by atoms with van der Waals surface area (Å²) in [7, 11) is 0. The molecule has 270 valence electrons. The second-order valence-corrected chi connectivity index (χ2v) is 11.5. The highest BCUT2D eigenvalue weighted by atomic mass is 16.5. The Bertz CT molecular complexity index is 1790. The molecule has 0 saturated carbocycles. The first-order chi connectivity index (χ1) is 24.9. The number of aliphatic hydroxyl groups excluding tert-OH is 1. The van der Waals surface area contributed by atoms with E-state index in [2.05, 4.69) is 43.7 Å². The molecule has 10 nitrogen and oxygen atoms in total. The number of amides is 1. The monoisotopic (exact) mass is 693 g/mol. The number of nitrogens with zero attached hydrogens (tertiary/aromatic N) is 4.